The van der Waals surface area contributed by atoms with Crippen molar-refractivity contribution in [3.63, 3.8) is 0 Å². The van der Waals surface area contributed by atoms with Gasteiger partial charge in [-0.05, 0) is 59.5 Å². The molecule has 8 rings (SSSR count). The van der Waals surface area contributed by atoms with E-state index in [4.69, 9.17) is 20.9 Å². The van der Waals surface area contributed by atoms with E-state index in [-0.39, 0.29) is 22.8 Å². The fraction of sp³-hybridized carbons (Fsp3) is 0.235. The van der Waals surface area contributed by atoms with E-state index in [2.05, 4.69) is 9.97 Å². The summed E-state index contributed by atoms with van der Waals surface area (Å²) in [5.41, 5.74) is 18.0. The number of nitrogens with two attached hydrogens (primary N) is 2. The first-order valence-corrected chi connectivity index (χ1v) is 18.4. The van der Waals surface area contributed by atoms with E-state index in [0.29, 0.717) is 64.3 Å². The Morgan fingerprint density at radius 1 is 0.792 bits per heavy atom. The number of ether oxygens (including phenoxy) is 2. The monoisotopic (exact) mass is 684 g/mol. The summed E-state index contributed by atoms with van der Waals surface area (Å²) >= 11 is 0. The van der Waals surface area contributed by atoms with Crippen molar-refractivity contribution in [1.82, 2.24) is 17.9 Å². The van der Waals surface area contributed by atoms with Crippen LogP contribution in [-0.4, -0.2) is 60.5 Å². The molecule has 48 heavy (non-hydrogen) atoms. The largest absolute Gasteiger partial charge is 0.493 e. The molecule has 2 aliphatic heterocycles. The highest BCUT2D eigenvalue weighted by Crippen LogP contribution is 2.37. The summed E-state index contributed by atoms with van der Waals surface area (Å²) in [5.74, 6) is 0.393. The summed E-state index contributed by atoms with van der Waals surface area (Å²) in [5, 5.41) is 0. The van der Waals surface area contributed by atoms with Crippen LogP contribution in [0.1, 0.15) is 28.2 Å². The van der Waals surface area contributed by atoms with E-state index in [9.17, 15) is 16.8 Å². The summed E-state index contributed by atoms with van der Waals surface area (Å²) in [4.78, 5) is 9.26. The van der Waals surface area contributed by atoms with Gasteiger partial charge in [0.05, 0.1) is 40.2 Å². The Hall–Kier alpha value is -4.76. The van der Waals surface area contributed by atoms with Crippen LogP contribution in [0.5, 0.6) is 11.5 Å². The number of hydrogen-bond donors (Lipinski definition) is 2. The molecule has 2 unspecified atom stereocenters. The Morgan fingerprint density at radius 2 is 1.50 bits per heavy atom. The summed E-state index contributed by atoms with van der Waals surface area (Å²) in [7, 11) is -8.10. The van der Waals surface area contributed by atoms with Crippen LogP contribution in [0.4, 0.5) is 0 Å². The lowest BCUT2D eigenvalue weighted by Gasteiger charge is -2.22. The zero-order valence-electron chi connectivity index (χ0n) is 25.7. The van der Waals surface area contributed by atoms with Crippen molar-refractivity contribution >= 4 is 42.1 Å². The average molecular weight is 685 g/mol. The zero-order chi connectivity index (χ0) is 33.2. The Kier molecular flexibility index (Phi) is 7.29. The van der Waals surface area contributed by atoms with Crippen LogP contribution in [0.3, 0.4) is 0 Å². The third kappa shape index (κ3) is 4.78. The number of para-hydroxylation sites is 1. The van der Waals surface area contributed by atoms with Crippen molar-refractivity contribution in [3.8, 4) is 11.5 Å². The van der Waals surface area contributed by atoms with Crippen LogP contribution in [0.25, 0.3) is 22.1 Å². The van der Waals surface area contributed by atoms with Crippen molar-refractivity contribution in [2.24, 2.45) is 11.5 Å². The average Bonchev–Trinajstić information content (AvgIpc) is 3.90. The van der Waals surface area contributed by atoms with Crippen LogP contribution < -0.4 is 20.9 Å². The topological polar surface area (TPSA) is 174 Å². The number of fused-ring (bicyclic) bond motifs is 4. The fourth-order valence-corrected chi connectivity index (χ4v) is 9.75. The lowest BCUT2D eigenvalue weighted by molar-refractivity contribution is 0.348. The molecule has 2 aliphatic rings. The first-order valence-electron chi connectivity index (χ1n) is 15.6. The van der Waals surface area contributed by atoms with E-state index < -0.39 is 32.0 Å². The maximum Gasteiger partial charge on any atom is 0.271 e. The van der Waals surface area contributed by atoms with E-state index in [0.717, 1.165) is 17.5 Å². The second-order valence-corrected chi connectivity index (χ2v) is 15.6. The molecule has 2 aromatic carbocycles. The summed E-state index contributed by atoms with van der Waals surface area (Å²) in [6.07, 6.45) is 7.87. The van der Waals surface area contributed by atoms with Gasteiger partial charge in [-0.25, -0.2) is 24.8 Å². The molecule has 0 bridgehead atoms. The van der Waals surface area contributed by atoms with Crippen LogP contribution in [-0.2, 0) is 39.3 Å². The second kappa shape index (κ2) is 11.4. The Bertz CT molecular complexity index is 2460. The maximum atomic E-state index is 14.1. The van der Waals surface area contributed by atoms with Gasteiger partial charge in [0, 0.05) is 67.8 Å². The third-order valence-corrected chi connectivity index (χ3v) is 12.6. The normalized spacial score (nSPS) is 15.6. The number of benzene rings is 2. The fourth-order valence-electron chi connectivity index (χ4n) is 6.81. The molecule has 14 heteroatoms. The molecular formula is C34H32N6O6S2. The van der Waals surface area contributed by atoms with Crippen molar-refractivity contribution in [2.45, 2.75) is 41.0 Å². The molecule has 0 fully saturated rings. The highest BCUT2D eigenvalue weighted by Gasteiger charge is 2.32. The minimum atomic E-state index is -4.09. The highest BCUT2D eigenvalue weighted by molar-refractivity contribution is 7.90. The lowest BCUT2D eigenvalue weighted by Crippen LogP contribution is -2.35. The molecule has 4 aromatic heterocycles. The molecule has 12 nitrogen and oxygen atoms in total. The van der Waals surface area contributed by atoms with Crippen molar-refractivity contribution in [3.05, 3.63) is 108 Å². The van der Waals surface area contributed by atoms with Crippen molar-refractivity contribution < 1.29 is 26.3 Å². The van der Waals surface area contributed by atoms with Crippen LogP contribution >= 0.6 is 0 Å². The third-order valence-electron chi connectivity index (χ3n) is 9.22. The van der Waals surface area contributed by atoms with Gasteiger partial charge in [-0.15, -0.1) is 0 Å². The van der Waals surface area contributed by atoms with Gasteiger partial charge in [0.15, 0.2) is 0 Å². The molecule has 6 aromatic rings. The quantitative estimate of drug-likeness (QED) is 0.230. The number of hydrogen-bond acceptors (Lipinski definition) is 10. The predicted molar refractivity (Wildman–Crippen MR) is 179 cm³/mol. The van der Waals surface area contributed by atoms with Crippen LogP contribution in [0.2, 0.25) is 0 Å². The van der Waals surface area contributed by atoms with E-state index in [1.165, 1.54) is 7.94 Å². The SMILES string of the molecule is NCC(c1cn(S(=O)(=O)c2cccc3c2OCC3)c2cccnc12)C(N)Cc1cn(S(=O)(=O)c2ccc3c(c2)OCC3)c2cccnc12. The molecule has 0 saturated carbocycles. The van der Waals surface area contributed by atoms with Crippen LogP contribution in [0.15, 0.2) is 95.2 Å². The van der Waals surface area contributed by atoms with Crippen LogP contribution in [0, 0.1) is 0 Å². The maximum absolute atomic E-state index is 14.1. The number of aromatic nitrogens is 4. The summed E-state index contributed by atoms with van der Waals surface area (Å²) in [6.45, 7) is 1.02. The van der Waals surface area contributed by atoms with Gasteiger partial charge in [-0.3, -0.25) is 9.97 Å². The molecule has 0 amide bonds. The second-order valence-electron chi connectivity index (χ2n) is 12.0. The Morgan fingerprint density at radius 3 is 2.29 bits per heavy atom. The summed E-state index contributed by atoms with van der Waals surface area (Å²) < 4.78 is 70.0. The van der Waals surface area contributed by atoms with E-state index in [1.807, 2.05) is 6.07 Å². The van der Waals surface area contributed by atoms with Gasteiger partial charge >= 0.3 is 0 Å². The van der Waals surface area contributed by atoms with Crippen molar-refractivity contribution in [2.75, 3.05) is 19.8 Å². The molecule has 4 N–H and O–H groups in total. The molecule has 0 radical (unpaired) electrons. The van der Waals surface area contributed by atoms with Gasteiger partial charge in [0.1, 0.15) is 16.4 Å². The minimum Gasteiger partial charge on any atom is -0.493 e. The van der Waals surface area contributed by atoms with Gasteiger partial charge in [-0.2, -0.15) is 0 Å². The number of pyridine rings is 2. The molecule has 0 saturated heterocycles. The lowest BCUT2D eigenvalue weighted by atomic mass is 9.89. The van der Waals surface area contributed by atoms with E-state index >= 15 is 0 Å². The number of rotatable bonds is 9. The molecule has 0 aliphatic carbocycles. The Balaban J connectivity index is 1.17. The molecule has 246 valence electrons. The predicted octanol–water partition coefficient (Wildman–Crippen LogP) is 3.34. The standard InChI is InChI=1S/C34H32N6O6S2/c35-18-25(26-20-40(29-6-3-13-38-33(26)29)48(43,44)31-7-1-4-22-11-15-46-34(22)31)27(36)16-23-19-39(28-5-2-12-37-32(23)28)47(41,42)24-9-8-21-10-14-45-30(21)17-24/h1-9,12-13,17,19-20,25,27H,10-11,14-16,18,35-36H2. The van der Waals surface area contributed by atoms with Gasteiger partial charge in [-0.1, -0.05) is 18.2 Å². The van der Waals surface area contributed by atoms with Gasteiger partial charge in [0.25, 0.3) is 20.0 Å². The highest BCUT2D eigenvalue weighted by atomic mass is 32.2. The van der Waals surface area contributed by atoms with E-state index in [1.54, 1.807) is 79.4 Å². The molecule has 2 atom stereocenters. The summed E-state index contributed by atoms with van der Waals surface area (Å²) in [6, 6.07) is 16.1. The first-order chi connectivity index (χ1) is 23.2. The zero-order valence-corrected chi connectivity index (χ0v) is 27.3. The first kappa shape index (κ1) is 30.6. The Labute approximate surface area is 277 Å². The minimum absolute atomic E-state index is 0.0772. The van der Waals surface area contributed by atoms with Crippen molar-refractivity contribution in [1.29, 1.82) is 0 Å². The molecular weight excluding hydrogens is 653 g/mol. The molecule has 6 heterocycles. The van der Waals surface area contributed by atoms with Gasteiger partial charge in [0.2, 0.25) is 0 Å². The molecule has 0 spiro atoms. The smallest absolute Gasteiger partial charge is 0.271 e. The number of nitrogens with zero attached hydrogens (tertiary/aromatic N) is 4. The van der Waals surface area contributed by atoms with Gasteiger partial charge < -0.3 is 20.9 Å².